The number of para-hydroxylation sites is 1. The van der Waals surface area contributed by atoms with Gasteiger partial charge in [-0.2, -0.15) is 0 Å². The molecule has 0 bridgehead atoms. The summed E-state index contributed by atoms with van der Waals surface area (Å²) in [7, 11) is -0.604. The van der Waals surface area contributed by atoms with Crippen LogP contribution in [-0.4, -0.2) is 35.3 Å². The number of nitrogens with zero attached hydrogens (tertiary/aromatic N) is 1. The van der Waals surface area contributed by atoms with Crippen molar-refractivity contribution in [1.29, 1.82) is 0 Å². The van der Waals surface area contributed by atoms with Crippen LogP contribution in [0.2, 0.25) is 0 Å². The Balaban J connectivity index is 2.10. The zero-order valence-electron chi connectivity index (χ0n) is 10.3. The Bertz CT molecular complexity index is 385. The molecular weight excluding hydrogens is 232 g/mol. The van der Waals surface area contributed by atoms with Crippen molar-refractivity contribution in [3.8, 4) is 0 Å². The summed E-state index contributed by atoms with van der Waals surface area (Å²) in [5, 5.41) is 3.37. The monoisotopic (exact) mass is 252 g/mol. The zero-order valence-corrected chi connectivity index (χ0v) is 11.1. The second kappa shape index (κ2) is 6.17. The van der Waals surface area contributed by atoms with Crippen molar-refractivity contribution in [1.82, 2.24) is 5.32 Å². The van der Waals surface area contributed by atoms with E-state index in [2.05, 4.69) is 41.4 Å². The molecule has 0 amide bonds. The summed E-state index contributed by atoms with van der Waals surface area (Å²) in [5.41, 5.74) is 2.63. The summed E-state index contributed by atoms with van der Waals surface area (Å²) >= 11 is 0. The summed E-state index contributed by atoms with van der Waals surface area (Å²) in [6.07, 6.45) is 0. The molecule has 1 aliphatic heterocycles. The van der Waals surface area contributed by atoms with E-state index in [1.807, 2.05) is 0 Å². The molecule has 1 aromatic rings. The van der Waals surface area contributed by atoms with Crippen LogP contribution < -0.4 is 10.2 Å². The van der Waals surface area contributed by atoms with Gasteiger partial charge in [0.05, 0.1) is 0 Å². The average Bonchev–Trinajstić information content (AvgIpc) is 2.38. The smallest absolute Gasteiger partial charge is 0.0412 e. The summed E-state index contributed by atoms with van der Waals surface area (Å²) in [6.45, 7) is 5.84. The molecule has 3 nitrogen and oxygen atoms in total. The van der Waals surface area contributed by atoms with E-state index in [0.29, 0.717) is 0 Å². The van der Waals surface area contributed by atoms with Gasteiger partial charge in [-0.1, -0.05) is 25.1 Å². The Morgan fingerprint density at radius 3 is 2.71 bits per heavy atom. The van der Waals surface area contributed by atoms with E-state index >= 15 is 0 Å². The predicted octanol–water partition coefficient (Wildman–Crippen LogP) is 1.36. The van der Waals surface area contributed by atoms with Gasteiger partial charge in [0, 0.05) is 47.6 Å². The molecule has 4 heteroatoms. The molecule has 1 aromatic carbocycles. The number of hydrogen-bond donors (Lipinski definition) is 1. The number of rotatable bonds is 4. The Morgan fingerprint density at radius 1 is 1.29 bits per heavy atom. The molecule has 0 radical (unpaired) electrons. The first-order valence-electron chi connectivity index (χ1n) is 6.20. The summed E-state index contributed by atoms with van der Waals surface area (Å²) in [4.78, 5) is 2.36. The topological polar surface area (TPSA) is 32.3 Å². The van der Waals surface area contributed by atoms with Crippen molar-refractivity contribution in [2.24, 2.45) is 0 Å². The molecule has 0 unspecified atom stereocenters. The van der Waals surface area contributed by atoms with Crippen molar-refractivity contribution in [3.05, 3.63) is 29.8 Å². The van der Waals surface area contributed by atoms with Crippen LogP contribution in [0.5, 0.6) is 0 Å². The molecule has 0 saturated carbocycles. The highest BCUT2D eigenvalue weighted by molar-refractivity contribution is 7.85. The molecule has 0 aromatic heterocycles. The van der Waals surface area contributed by atoms with Crippen LogP contribution >= 0.6 is 0 Å². The number of benzene rings is 1. The minimum Gasteiger partial charge on any atom is -0.369 e. The standard InChI is InChI=1S/C13H20N2OS/c1-2-14-11-12-5-3-4-6-13(12)15-7-9-17(16)10-8-15/h3-6,14H,2,7-11H2,1H3. The highest BCUT2D eigenvalue weighted by atomic mass is 32.2. The first kappa shape index (κ1) is 12.6. The Morgan fingerprint density at radius 2 is 2.00 bits per heavy atom. The van der Waals surface area contributed by atoms with Crippen LogP contribution in [0, 0.1) is 0 Å². The molecule has 2 rings (SSSR count). The quantitative estimate of drug-likeness (QED) is 0.878. The van der Waals surface area contributed by atoms with Gasteiger partial charge < -0.3 is 10.2 Å². The number of anilines is 1. The first-order chi connectivity index (χ1) is 8.31. The van der Waals surface area contributed by atoms with E-state index in [1.165, 1.54) is 11.3 Å². The van der Waals surface area contributed by atoms with E-state index in [4.69, 9.17) is 0 Å². The molecule has 17 heavy (non-hydrogen) atoms. The molecule has 1 heterocycles. The predicted molar refractivity (Wildman–Crippen MR) is 73.9 cm³/mol. The van der Waals surface area contributed by atoms with Gasteiger partial charge in [0.25, 0.3) is 0 Å². The normalized spacial score (nSPS) is 17.4. The molecule has 0 atom stereocenters. The highest BCUT2D eigenvalue weighted by Crippen LogP contribution is 2.21. The first-order valence-corrected chi connectivity index (χ1v) is 7.68. The molecular formula is C13H20N2OS. The lowest BCUT2D eigenvalue weighted by Crippen LogP contribution is -2.38. The van der Waals surface area contributed by atoms with E-state index in [0.717, 1.165) is 37.7 Å². The lowest BCUT2D eigenvalue weighted by atomic mass is 10.1. The minimum absolute atomic E-state index is 0.604. The lowest BCUT2D eigenvalue weighted by molar-refractivity contribution is 0.672. The third-order valence-electron chi connectivity index (χ3n) is 3.08. The van der Waals surface area contributed by atoms with Gasteiger partial charge in [0.2, 0.25) is 0 Å². The van der Waals surface area contributed by atoms with Crippen molar-refractivity contribution in [2.75, 3.05) is 36.0 Å². The van der Waals surface area contributed by atoms with Gasteiger partial charge >= 0.3 is 0 Å². The maximum Gasteiger partial charge on any atom is 0.0412 e. The van der Waals surface area contributed by atoms with E-state index in [-0.39, 0.29) is 0 Å². The van der Waals surface area contributed by atoms with Gasteiger partial charge in [-0.15, -0.1) is 0 Å². The van der Waals surface area contributed by atoms with Crippen molar-refractivity contribution in [3.63, 3.8) is 0 Å². The van der Waals surface area contributed by atoms with E-state index in [1.54, 1.807) is 0 Å². The second-order valence-corrected chi connectivity index (χ2v) is 5.94. The van der Waals surface area contributed by atoms with Crippen molar-refractivity contribution < 1.29 is 4.21 Å². The summed E-state index contributed by atoms with van der Waals surface area (Å²) < 4.78 is 11.4. The lowest BCUT2D eigenvalue weighted by Gasteiger charge is -2.30. The summed E-state index contributed by atoms with van der Waals surface area (Å²) in [5.74, 6) is 1.60. The second-order valence-electron chi connectivity index (χ2n) is 4.24. The van der Waals surface area contributed by atoms with Gasteiger partial charge in [-0.05, 0) is 18.2 Å². The van der Waals surface area contributed by atoms with Crippen LogP contribution in [0.4, 0.5) is 5.69 Å². The van der Waals surface area contributed by atoms with Crippen molar-refractivity contribution >= 4 is 16.5 Å². The van der Waals surface area contributed by atoms with Crippen LogP contribution in [-0.2, 0) is 17.3 Å². The van der Waals surface area contributed by atoms with E-state index in [9.17, 15) is 4.21 Å². The fourth-order valence-corrected chi connectivity index (χ4v) is 3.16. The molecule has 1 fully saturated rings. The van der Waals surface area contributed by atoms with Crippen LogP contribution in [0.25, 0.3) is 0 Å². The van der Waals surface area contributed by atoms with Gasteiger partial charge in [-0.3, -0.25) is 4.21 Å². The third-order valence-corrected chi connectivity index (χ3v) is 4.35. The Kier molecular flexibility index (Phi) is 4.57. The maximum absolute atomic E-state index is 11.4. The van der Waals surface area contributed by atoms with Crippen molar-refractivity contribution in [2.45, 2.75) is 13.5 Å². The molecule has 0 aliphatic carbocycles. The SMILES string of the molecule is CCNCc1ccccc1N1CCS(=O)CC1. The molecule has 1 saturated heterocycles. The van der Waals surface area contributed by atoms with Gasteiger partial charge in [0.1, 0.15) is 0 Å². The number of nitrogens with one attached hydrogen (secondary N) is 1. The van der Waals surface area contributed by atoms with Crippen LogP contribution in [0.15, 0.2) is 24.3 Å². The van der Waals surface area contributed by atoms with Crippen LogP contribution in [0.3, 0.4) is 0 Å². The molecule has 0 spiro atoms. The Hall–Kier alpha value is -0.870. The molecule has 1 N–H and O–H groups in total. The molecule has 1 aliphatic rings. The van der Waals surface area contributed by atoms with Gasteiger partial charge in [0.15, 0.2) is 0 Å². The Labute approximate surface area is 106 Å². The highest BCUT2D eigenvalue weighted by Gasteiger charge is 2.17. The van der Waals surface area contributed by atoms with E-state index < -0.39 is 10.8 Å². The fourth-order valence-electron chi connectivity index (χ4n) is 2.11. The summed E-state index contributed by atoms with van der Waals surface area (Å²) in [6, 6.07) is 8.50. The number of hydrogen-bond acceptors (Lipinski definition) is 3. The average molecular weight is 252 g/mol. The van der Waals surface area contributed by atoms with Gasteiger partial charge in [-0.25, -0.2) is 0 Å². The zero-order chi connectivity index (χ0) is 12.1. The van der Waals surface area contributed by atoms with Crippen LogP contribution in [0.1, 0.15) is 12.5 Å². The largest absolute Gasteiger partial charge is 0.369 e. The fraction of sp³-hybridized carbons (Fsp3) is 0.538. The minimum atomic E-state index is -0.604. The third kappa shape index (κ3) is 3.30. The maximum atomic E-state index is 11.4. The molecule has 94 valence electrons.